The van der Waals surface area contributed by atoms with E-state index in [9.17, 15) is 25.9 Å². The molecule has 10 nitrogen and oxygen atoms in total. The Balaban J connectivity index is 0.00000264. The number of hydrogen-bond donors (Lipinski definition) is 2. The molecule has 0 saturated heterocycles. The van der Waals surface area contributed by atoms with Crippen molar-refractivity contribution in [3.8, 4) is 11.4 Å². The first-order chi connectivity index (χ1) is 10.1. The number of hydrogen-bond acceptors (Lipinski definition) is 8. The summed E-state index contributed by atoms with van der Waals surface area (Å²) in [6.07, 6.45) is 2.50. The first kappa shape index (κ1) is 22.0. The van der Waals surface area contributed by atoms with Gasteiger partial charge in [-0.3, -0.25) is 9.97 Å². The smallest absolute Gasteiger partial charge is 0.0989 e. The fraction of sp³-hybridized carbons (Fsp3) is 0.167. The molecule has 2 rings (SSSR count). The zero-order chi connectivity index (χ0) is 16.4. The number of rotatable bonds is 5. The van der Waals surface area contributed by atoms with Crippen molar-refractivity contribution >= 4 is 20.2 Å². The minimum atomic E-state index is -4.37. The zero-order valence-corrected chi connectivity index (χ0v) is 14.7. The van der Waals surface area contributed by atoms with Gasteiger partial charge < -0.3 is 21.4 Å². The Bertz CT molecular complexity index is 789. The SMILES string of the molecule is O=S(=O)([O-])Cc1ccc(-c2ccc(CS(=O)(=O)[O-])cn2)nc1.[NH4+].[NH4+]. The highest BCUT2D eigenvalue weighted by Gasteiger charge is 2.05. The molecule has 8 N–H and O–H groups in total. The maximum absolute atomic E-state index is 10.6. The molecule has 134 valence electrons. The van der Waals surface area contributed by atoms with Crippen molar-refractivity contribution in [2.75, 3.05) is 0 Å². The third-order valence-electron chi connectivity index (χ3n) is 2.60. The van der Waals surface area contributed by atoms with Crippen LogP contribution in [0.1, 0.15) is 11.1 Å². The maximum atomic E-state index is 10.6. The first-order valence-electron chi connectivity index (χ1n) is 5.90. The van der Waals surface area contributed by atoms with E-state index in [0.29, 0.717) is 11.4 Å². The summed E-state index contributed by atoms with van der Waals surface area (Å²) in [7, 11) is -8.74. The molecule has 0 amide bonds. The van der Waals surface area contributed by atoms with Gasteiger partial charge in [-0.2, -0.15) is 0 Å². The largest absolute Gasteiger partial charge is 0.748 e. The van der Waals surface area contributed by atoms with Gasteiger partial charge in [0.05, 0.1) is 43.1 Å². The number of pyridine rings is 2. The number of nitrogens with zero attached hydrogens (tertiary/aromatic N) is 2. The standard InChI is InChI=1S/C12H12N2O6S2.2H3N/c15-21(16,17)7-9-1-3-11(13-5-9)12-4-2-10(6-14-12)8-22(18,19)20;;/h1-6H,7-8H2,(H,15,16,17)(H,18,19,20);2*1H3. The molecule has 12 heteroatoms. The molecule has 0 spiro atoms. The van der Waals surface area contributed by atoms with Crippen molar-refractivity contribution in [2.24, 2.45) is 0 Å². The van der Waals surface area contributed by atoms with E-state index in [0.717, 1.165) is 0 Å². The summed E-state index contributed by atoms with van der Waals surface area (Å²) in [5, 5.41) is 0. The first-order valence-corrected chi connectivity index (χ1v) is 9.05. The summed E-state index contributed by atoms with van der Waals surface area (Å²) in [6, 6.07) is 5.87. The second-order valence-electron chi connectivity index (χ2n) is 4.51. The average molecular weight is 378 g/mol. The summed E-state index contributed by atoms with van der Waals surface area (Å²) >= 11 is 0. The van der Waals surface area contributed by atoms with Gasteiger partial charge in [-0.15, -0.1) is 0 Å². The van der Waals surface area contributed by atoms with Crippen LogP contribution in [-0.2, 0) is 31.7 Å². The summed E-state index contributed by atoms with van der Waals surface area (Å²) in [4.78, 5) is 7.98. The molecule has 2 heterocycles. The molecule has 0 bridgehead atoms. The van der Waals surface area contributed by atoms with Crippen molar-refractivity contribution in [3.63, 3.8) is 0 Å². The molecule has 0 unspecified atom stereocenters. The lowest BCUT2D eigenvalue weighted by molar-refractivity contribution is 0.459. The fourth-order valence-electron chi connectivity index (χ4n) is 1.73. The molecule has 2 aromatic rings. The monoisotopic (exact) mass is 378 g/mol. The predicted molar refractivity (Wildman–Crippen MR) is 86.2 cm³/mol. The van der Waals surface area contributed by atoms with Crippen LogP contribution in [0.5, 0.6) is 0 Å². The lowest BCUT2D eigenvalue weighted by atomic mass is 10.2. The van der Waals surface area contributed by atoms with Crippen LogP contribution in [0.25, 0.3) is 11.4 Å². The van der Waals surface area contributed by atoms with Crippen molar-refractivity contribution < 1.29 is 25.9 Å². The van der Waals surface area contributed by atoms with Gasteiger partial charge in [0, 0.05) is 12.4 Å². The van der Waals surface area contributed by atoms with E-state index < -0.39 is 31.7 Å². The lowest BCUT2D eigenvalue weighted by Gasteiger charge is -2.08. The van der Waals surface area contributed by atoms with Crippen molar-refractivity contribution in [1.29, 1.82) is 0 Å². The molecule has 0 aliphatic rings. The van der Waals surface area contributed by atoms with Crippen LogP contribution >= 0.6 is 0 Å². The zero-order valence-electron chi connectivity index (χ0n) is 13.0. The molecule has 0 atom stereocenters. The molecular formula is C12H18N4O6S2. The van der Waals surface area contributed by atoms with Gasteiger partial charge in [-0.25, -0.2) is 16.8 Å². The highest BCUT2D eigenvalue weighted by atomic mass is 32.2. The Morgan fingerprint density at radius 1 is 0.708 bits per heavy atom. The van der Waals surface area contributed by atoms with Crippen LogP contribution in [0.3, 0.4) is 0 Å². The van der Waals surface area contributed by atoms with Crippen LogP contribution < -0.4 is 12.3 Å². The molecule has 0 aromatic carbocycles. The predicted octanol–water partition coefficient (Wildman–Crippen LogP) is 0.986. The van der Waals surface area contributed by atoms with Crippen LogP contribution in [0.4, 0.5) is 0 Å². The second-order valence-corrected chi connectivity index (χ2v) is 7.32. The van der Waals surface area contributed by atoms with Gasteiger partial charge >= 0.3 is 0 Å². The Morgan fingerprint density at radius 3 is 1.25 bits per heavy atom. The average Bonchev–Trinajstić information content (AvgIpc) is 2.37. The molecule has 24 heavy (non-hydrogen) atoms. The van der Waals surface area contributed by atoms with Gasteiger partial charge in [-0.05, 0) is 23.3 Å². The summed E-state index contributed by atoms with van der Waals surface area (Å²) in [6.45, 7) is 0. The maximum Gasteiger partial charge on any atom is 0.0989 e. The normalized spacial score (nSPS) is 11.2. The van der Waals surface area contributed by atoms with E-state index >= 15 is 0 Å². The van der Waals surface area contributed by atoms with E-state index in [2.05, 4.69) is 9.97 Å². The molecule has 0 radical (unpaired) electrons. The van der Waals surface area contributed by atoms with E-state index in [-0.39, 0.29) is 23.4 Å². The molecule has 2 aromatic heterocycles. The van der Waals surface area contributed by atoms with Crippen molar-refractivity contribution in [3.05, 3.63) is 47.8 Å². The number of aromatic nitrogens is 2. The van der Waals surface area contributed by atoms with Gasteiger partial charge in [0.1, 0.15) is 0 Å². The Labute approximate surface area is 139 Å². The third-order valence-corrected chi connectivity index (χ3v) is 3.97. The Morgan fingerprint density at radius 2 is 1.04 bits per heavy atom. The molecule has 0 saturated carbocycles. The molecule has 0 aliphatic heterocycles. The summed E-state index contributed by atoms with van der Waals surface area (Å²) in [5.74, 6) is -1.29. The van der Waals surface area contributed by atoms with E-state index in [1.807, 2.05) is 0 Å². The van der Waals surface area contributed by atoms with Gasteiger partial charge in [0.15, 0.2) is 0 Å². The molecule has 0 aliphatic carbocycles. The van der Waals surface area contributed by atoms with E-state index in [1.165, 1.54) is 36.7 Å². The Hall–Kier alpha value is -1.96. The van der Waals surface area contributed by atoms with Crippen LogP contribution in [0.2, 0.25) is 0 Å². The van der Waals surface area contributed by atoms with Gasteiger partial charge in [-0.1, -0.05) is 12.1 Å². The van der Waals surface area contributed by atoms with Crippen molar-refractivity contribution in [2.45, 2.75) is 11.5 Å². The van der Waals surface area contributed by atoms with Crippen LogP contribution in [0.15, 0.2) is 36.7 Å². The molecular weight excluding hydrogens is 360 g/mol. The lowest BCUT2D eigenvalue weighted by Crippen LogP contribution is -2.03. The van der Waals surface area contributed by atoms with E-state index in [4.69, 9.17) is 0 Å². The third kappa shape index (κ3) is 7.08. The molecule has 0 fully saturated rings. The minimum absolute atomic E-state index is 0. The fourth-order valence-corrected chi connectivity index (χ4v) is 2.89. The summed E-state index contributed by atoms with van der Waals surface area (Å²) < 4.78 is 63.8. The quantitative estimate of drug-likeness (QED) is 0.713. The highest BCUT2D eigenvalue weighted by Crippen LogP contribution is 2.16. The summed E-state index contributed by atoms with van der Waals surface area (Å²) in [5.41, 5.74) is 1.35. The minimum Gasteiger partial charge on any atom is -0.748 e. The van der Waals surface area contributed by atoms with Crippen LogP contribution in [-0.4, -0.2) is 35.9 Å². The second kappa shape index (κ2) is 8.23. The highest BCUT2D eigenvalue weighted by molar-refractivity contribution is 7.85. The number of quaternary nitrogens is 2. The van der Waals surface area contributed by atoms with E-state index in [1.54, 1.807) is 0 Å². The topological polar surface area (TPSA) is 213 Å². The van der Waals surface area contributed by atoms with Gasteiger partial charge in [0.2, 0.25) is 0 Å². The Kier molecular flexibility index (Phi) is 7.56. The van der Waals surface area contributed by atoms with Gasteiger partial charge in [0.25, 0.3) is 0 Å². The van der Waals surface area contributed by atoms with Crippen LogP contribution in [0, 0.1) is 0 Å². The van der Waals surface area contributed by atoms with Crippen molar-refractivity contribution in [1.82, 2.24) is 22.3 Å².